The molecule has 0 spiro atoms. The molecule has 9 nitrogen and oxygen atoms in total. The average molecular weight is 430 g/mol. The maximum atomic E-state index is 12.4. The maximum Gasteiger partial charge on any atom is 0.203 e. The smallest absolute Gasteiger partial charge is 0.203 e. The van der Waals surface area contributed by atoms with E-state index in [1.54, 1.807) is 34.2 Å². The second-order valence-corrected chi connectivity index (χ2v) is 7.67. The Morgan fingerprint density at radius 2 is 2.06 bits per heavy atom. The van der Waals surface area contributed by atoms with Crippen LogP contribution in [0, 0.1) is 0 Å². The molecule has 0 saturated carbocycles. The molecule has 3 aromatic heterocycles. The van der Waals surface area contributed by atoms with Crippen molar-refractivity contribution in [3.05, 3.63) is 82.8 Å². The molecule has 0 amide bonds. The van der Waals surface area contributed by atoms with Crippen LogP contribution in [0.3, 0.4) is 0 Å². The lowest BCUT2D eigenvalue weighted by Gasteiger charge is -2.11. The van der Waals surface area contributed by atoms with Crippen LogP contribution in [0.25, 0.3) is 17.1 Å². The first kappa shape index (κ1) is 20.1. The van der Waals surface area contributed by atoms with Crippen LogP contribution >= 0.6 is 0 Å². The van der Waals surface area contributed by atoms with Crippen LogP contribution in [0.5, 0.6) is 5.75 Å². The molecule has 5 rings (SSSR count). The quantitative estimate of drug-likeness (QED) is 0.462. The molecular formula is C23H22N6O3. The summed E-state index contributed by atoms with van der Waals surface area (Å²) < 4.78 is 14.5. The highest BCUT2D eigenvalue weighted by atomic mass is 16.5. The third-order valence-corrected chi connectivity index (χ3v) is 5.21. The van der Waals surface area contributed by atoms with Crippen LogP contribution in [-0.4, -0.2) is 48.8 Å². The molecule has 0 aliphatic carbocycles. The molecule has 1 aromatic carbocycles. The molecule has 0 radical (unpaired) electrons. The van der Waals surface area contributed by atoms with Gasteiger partial charge in [0, 0.05) is 37.7 Å². The second kappa shape index (κ2) is 8.72. The Balaban J connectivity index is 1.35. The van der Waals surface area contributed by atoms with Crippen LogP contribution in [0.1, 0.15) is 17.7 Å². The van der Waals surface area contributed by atoms with Gasteiger partial charge in [0.25, 0.3) is 0 Å². The first-order valence-corrected chi connectivity index (χ1v) is 10.4. The molecule has 32 heavy (non-hydrogen) atoms. The topological polar surface area (TPSA) is 97.0 Å². The van der Waals surface area contributed by atoms with Gasteiger partial charge in [0.2, 0.25) is 5.43 Å². The number of benzene rings is 1. The zero-order valence-electron chi connectivity index (χ0n) is 17.6. The van der Waals surface area contributed by atoms with E-state index in [4.69, 9.17) is 9.47 Å². The molecular weight excluding hydrogens is 408 g/mol. The Morgan fingerprint density at radius 3 is 2.81 bits per heavy atom. The van der Waals surface area contributed by atoms with Gasteiger partial charge in [0.1, 0.15) is 17.5 Å². The van der Waals surface area contributed by atoms with Gasteiger partial charge in [-0.1, -0.05) is 18.2 Å². The highest BCUT2D eigenvalue weighted by Gasteiger charge is 2.17. The zero-order chi connectivity index (χ0) is 21.9. The molecule has 1 fully saturated rings. The van der Waals surface area contributed by atoms with Crippen LogP contribution in [0.15, 0.2) is 66.1 Å². The lowest BCUT2D eigenvalue weighted by atomic mass is 10.1. The first-order chi connectivity index (χ1) is 15.6. The van der Waals surface area contributed by atoms with Crippen molar-refractivity contribution in [3.63, 3.8) is 0 Å². The van der Waals surface area contributed by atoms with E-state index >= 15 is 0 Å². The molecule has 1 unspecified atom stereocenters. The van der Waals surface area contributed by atoms with Crippen LogP contribution in [0.2, 0.25) is 0 Å². The van der Waals surface area contributed by atoms with Gasteiger partial charge < -0.3 is 9.47 Å². The number of ether oxygens (including phenoxy) is 2. The van der Waals surface area contributed by atoms with Crippen LogP contribution < -0.4 is 10.2 Å². The summed E-state index contributed by atoms with van der Waals surface area (Å²) in [5.74, 6) is 1.22. The van der Waals surface area contributed by atoms with Gasteiger partial charge in [-0.3, -0.25) is 9.48 Å². The molecule has 1 aliphatic heterocycles. The highest BCUT2D eigenvalue weighted by Crippen LogP contribution is 2.20. The normalized spacial score (nSPS) is 15.7. The number of hydrogen-bond donors (Lipinski definition) is 0. The fourth-order valence-corrected chi connectivity index (χ4v) is 3.58. The summed E-state index contributed by atoms with van der Waals surface area (Å²) in [5.41, 5.74) is 2.95. The van der Waals surface area contributed by atoms with E-state index in [0.29, 0.717) is 30.3 Å². The molecule has 1 atom stereocenters. The van der Waals surface area contributed by atoms with Crippen molar-refractivity contribution in [2.24, 2.45) is 7.05 Å². The summed E-state index contributed by atoms with van der Waals surface area (Å²) in [7, 11) is 1.84. The molecule has 4 aromatic rings. The Bertz CT molecular complexity index is 1280. The van der Waals surface area contributed by atoms with E-state index in [0.717, 1.165) is 29.8 Å². The van der Waals surface area contributed by atoms with Crippen LogP contribution in [0.4, 0.5) is 0 Å². The predicted octanol–water partition coefficient (Wildman–Crippen LogP) is 2.18. The largest absolute Gasteiger partial charge is 0.485 e. The van der Waals surface area contributed by atoms with E-state index in [1.165, 1.54) is 6.07 Å². The minimum absolute atomic E-state index is 0.0573. The van der Waals surface area contributed by atoms with E-state index < -0.39 is 0 Å². The SMILES string of the molecule is Cn1cc(-n2ccc(=O)c(Cc3cccc(-c4ncc(OC5CCOC5)cn4)c3)n2)cn1. The molecule has 1 saturated heterocycles. The number of aryl methyl sites for hydroxylation is 1. The van der Waals surface area contributed by atoms with Gasteiger partial charge in [-0.25, -0.2) is 14.6 Å². The highest BCUT2D eigenvalue weighted by molar-refractivity contribution is 5.56. The van der Waals surface area contributed by atoms with Crippen molar-refractivity contribution in [1.82, 2.24) is 29.5 Å². The number of aromatic nitrogens is 6. The maximum absolute atomic E-state index is 12.4. The minimum Gasteiger partial charge on any atom is -0.485 e. The monoisotopic (exact) mass is 430 g/mol. The van der Waals surface area contributed by atoms with Gasteiger partial charge in [0.05, 0.1) is 38.0 Å². The van der Waals surface area contributed by atoms with Crippen molar-refractivity contribution in [1.29, 1.82) is 0 Å². The molecule has 0 bridgehead atoms. The number of nitrogens with zero attached hydrogens (tertiary/aromatic N) is 6. The predicted molar refractivity (Wildman–Crippen MR) is 117 cm³/mol. The van der Waals surface area contributed by atoms with E-state index in [9.17, 15) is 4.79 Å². The summed E-state index contributed by atoms with van der Waals surface area (Å²) in [4.78, 5) is 21.3. The Labute approximate surface area is 184 Å². The Morgan fingerprint density at radius 1 is 1.19 bits per heavy atom. The lowest BCUT2D eigenvalue weighted by Crippen LogP contribution is -2.16. The Kier molecular flexibility index (Phi) is 5.47. The van der Waals surface area contributed by atoms with Gasteiger partial charge in [-0.15, -0.1) is 0 Å². The lowest BCUT2D eigenvalue weighted by molar-refractivity contribution is 0.141. The van der Waals surface area contributed by atoms with Crippen molar-refractivity contribution in [3.8, 4) is 22.8 Å². The molecule has 162 valence electrons. The first-order valence-electron chi connectivity index (χ1n) is 10.4. The van der Waals surface area contributed by atoms with Gasteiger partial charge >= 0.3 is 0 Å². The van der Waals surface area contributed by atoms with E-state index in [2.05, 4.69) is 20.2 Å². The second-order valence-electron chi connectivity index (χ2n) is 7.67. The standard InChI is InChI=1S/C23H22N6O3/c1-28-14-18(11-26-28)29-7-5-22(30)21(27-29)10-16-3-2-4-17(9-16)23-24-12-20(13-25-23)32-19-6-8-31-15-19/h2-5,7,9,11-14,19H,6,8,10,15H2,1H3. The third kappa shape index (κ3) is 4.42. The van der Waals surface area contributed by atoms with Crippen molar-refractivity contribution < 1.29 is 9.47 Å². The van der Waals surface area contributed by atoms with Gasteiger partial charge in [0.15, 0.2) is 11.6 Å². The summed E-state index contributed by atoms with van der Waals surface area (Å²) in [6.07, 6.45) is 9.88. The molecule has 1 aliphatic rings. The molecule has 4 heterocycles. The summed E-state index contributed by atoms with van der Waals surface area (Å²) in [6.45, 7) is 1.32. The average Bonchev–Trinajstić information content (AvgIpc) is 3.48. The summed E-state index contributed by atoms with van der Waals surface area (Å²) in [6, 6.07) is 9.33. The van der Waals surface area contributed by atoms with Crippen molar-refractivity contribution in [2.45, 2.75) is 18.9 Å². The van der Waals surface area contributed by atoms with Crippen LogP contribution in [-0.2, 0) is 18.2 Å². The van der Waals surface area contributed by atoms with Crippen molar-refractivity contribution in [2.75, 3.05) is 13.2 Å². The number of hydrogen-bond acceptors (Lipinski definition) is 7. The zero-order valence-corrected chi connectivity index (χ0v) is 17.6. The molecule has 0 N–H and O–H groups in total. The van der Waals surface area contributed by atoms with E-state index in [1.807, 2.05) is 37.5 Å². The number of rotatable bonds is 6. The fraction of sp³-hybridized carbons (Fsp3) is 0.261. The molecule has 9 heteroatoms. The third-order valence-electron chi connectivity index (χ3n) is 5.21. The summed E-state index contributed by atoms with van der Waals surface area (Å²) in [5, 5.41) is 8.66. The van der Waals surface area contributed by atoms with Gasteiger partial charge in [-0.05, 0) is 11.6 Å². The van der Waals surface area contributed by atoms with Gasteiger partial charge in [-0.2, -0.15) is 10.2 Å². The minimum atomic E-state index is -0.107. The fourth-order valence-electron chi connectivity index (χ4n) is 3.58. The summed E-state index contributed by atoms with van der Waals surface area (Å²) >= 11 is 0. The Hall–Kier alpha value is -3.85. The van der Waals surface area contributed by atoms with Crippen molar-refractivity contribution >= 4 is 0 Å². The van der Waals surface area contributed by atoms with E-state index in [-0.39, 0.29) is 11.5 Å².